The van der Waals surface area contributed by atoms with Crippen LogP contribution in [0.5, 0.6) is 0 Å². The summed E-state index contributed by atoms with van der Waals surface area (Å²) >= 11 is 0. The van der Waals surface area contributed by atoms with Crippen molar-refractivity contribution in [3.63, 3.8) is 0 Å². The van der Waals surface area contributed by atoms with Crippen LogP contribution < -0.4 is 5.32 Å². The minimum Gasteiger partial charge on any atom is -0.389 e. The standard InChI is InChI=1S/C16H34N2O3/c1-4-8-18(10-15-6-5-7-17-9-15)11-16(19)13-21-14(2)12-20-3/h14-17,19H,4-13H2,1-3H3. The molecule has 0 spiro atoms. The maximum atomic E-state index is 10.2. The van der Waals surface area contributed by atoms with Crippen LogP contribution in [0, 0.1) is 5.92 Å². The van der Waals surface area contributed by atoms with Crippen LogP contribution in [-0.2, 0) is 9.47 Å². The Morgan fingerprint density at radius 1 is 1.38 bits per heavy atom. The smallest absolute Gasteiger partial charge is 0.0900 e. The number of hydrogen-bond acceptors (Lipinski definition) is 5. The fourth-order valence-corrected chi connectivity index (χ4v) is 2.93. The summed E-state index contributed by atoms with van der Waals surface area (Å²) in [6.07, 6.45) is 3.29. The number of ether oxygens (including phenoxy) is 2. The number of methoxy groups -OCH3 is 1. The highest BCUT2D eigenvalue weighted by Gasteiger charge is 2.19. The van der Waals surface area contributed by atoms with Gasteiger partial charge in [0.05, 0.1) is 25.4 Å². The zero-order chi connectivity index (χ0) is 15.5. The highest BCUT2D eigenvalue weighted by molar-refractivity contribution is 4.74. The highest BCUT2D eigenvalue weighted by atomic mass is 16.5. The molecule has 1 heterocycles. The van der Waals surface area contributed by atoms with Gasteiger partial charge in [-0.2, -0.15) is 0 Å². The van der Waals surface area contributed by atoms with Crippen LogP contribution in [0.1, 0.15) is 33.1 Å². The second-order valence-electron chi connectivity index (χ2n) is 6.23. The maximum absolute atomic E-state index is 10.2. The van der Waals surface area contributed by atoms with Gasteiger partial charge >= 0.3 is 0 Å². The molecule has 1 aliphatic rings. The Morgan fingerprint density at radius 3 is 2.81 bits per heavy atom. The van der Waals surface area contributed by atoms with Crippen molar-refractivity contribution in [2.24, 2.45) is 5.92 Å². The monoisotopic (exact) mass is 302 g/mol. The predicted octanol–water partition coefficient (Wildman–Crippen LogP) is 1.11. The van der Waals surface area contributed by atoms with E-state index in [0.29, 0.717) is 25.7 Å². The summed E-state index contributed by atoms with van der Waals surface area (Å²) in [5, 5.41) is 13.6. The third kappa shape index (κ3) is 8.73. The lowest BCUT2D eigenvalue weighted by molar-refractivity contribution is -0.0407. The van der Waals surface area contributed by atoms with Crippen LogP contribution in [-0.4, -0.2) is 75.3 Å². The van der Waals surface area contributed by atoms with E-state index >= 15 is 0 Å². The summed E-state index contributed by atoms with van der Waals surface area (Å²) in [7, 11) is 1.66. The van der Waals surface area contributed by atoms with Crippen LogP contribution in [0.2, 0.25) is 0 Å². The van der Waals surface area contributed by atoms with Crippen molar-refractivity contribution in [1.82, 2.24) is 10.2 Å². The van der Waals surface area contributed by atoms with E-state index in [9.17, 15) is 5.11 Å². The van der Waals surface area contributed by atoms with Crippen LogP contribution in [0.25, 0.3) is 0 Å². The Bertz CT molecular complexity index is 248. The summed E-state index contributed by atoms with van der Waals surface area (Å²) in [5.41, 5.74) is 0. The van der Waals surface area contributed by atoms with Crippen molar-refractivity contribution in [1.29, 1.82) is 0 Å². The van der Waals surface area contributed by atoms with Crippen molar-refractivity contribution < 1.29 is 14.6 Å². The first-order valence-electron chi connectivity index (χ1n) is 8.37. The lowest BCUT2D eigenvalue weighted by Crippen LogP contribution is -2.42. The lowest BCUT2D eigenvalue weighted by atomic mass is 9.99. The topological polar surface area (TPSA) is 54.0 Å². The quantitative estimate of drug-likeness (QED) is 0.599. The van der Waals surface area contributed by atoms with Gasteiger partial charge in [-0.1, -0.05) is 6.92 Å². The third-order valence-corrected chi connectivity index (χ3v) is 3.90. The Balaban J connectivity index is 2.27. The molecule has 0 aromatic heterocycles. The molecule has 5 nitrogen and oxygen atoms in total. The zero-order valence-corrected chi connectivity index (χ0v) is 14.0. The SMILES string of the molecule is CCCN(CC(O)COC(C)COC)CC1CCCNC1. The second-order valence-corrected chi connectivity index (χ2v) is 6.23. The number of piperidine rings is 1. The number of aliphatic hydroxyl groups excluding tert-OH is 1. The van der Waals surface area contributed by atoms with Gasteiger partial charge in [0.25, 0.3) is 0 Å². The summed E-state index contributed by atoms with van der Waals surface area (Å²) in [5.74, 6) is 0.714. The van der Waals surface area contributed by atoms with Crippen molar-refractivity contribution in [2.45, 2.75) is 45.3 Å². The molecule has 0 aliphatic carbocycles. The van der Waals surface area contributed by atoms with Gasteiger partial charge in [0.1, 0.15) is 0 Å². The minimum absolute atomic E-state index is 0.0341. The van der Waals surface area contributed by atoms with E-state index in [0.717, 1.165) is 32.6 Å². The lowest BCUT2D eigenvalue weighted by Gasteiger charge is -2.31. The summed E-state index contributed by atoms with van der Waals surface area (Å²) < 4.78 is 10.6. The molecule has 1 saturated heterocycles. The van der Waals surface area contributed by atoms with Crippen molar-refractivity contribution in [3.05, 3.63) is 0 Å². The van der Waals surface area contributed by atoms with Gasteiger partial charge in [0.15, 0.2) is 0 Å². The number of rotatable bonds is 11. The first-order valence-corrected chi connectivity index (χ1v) is 8.37. The number of hydrogen-bond donors (Lipinski definition) is 2. The molecule has 3 atom stereocenters. The first kappa shape index (κ1) is 18.8. The number of aliphatic hydroxyl groups is 1. The van der Waals surface area contributed by atoms with Gasteiger partial charge < -0.3 is 24.8 Å². The molecule has 1 fully saturated rings. The van der Waals surface area contributed by atoms with Gasteiger partial charge in [-0.3, -0.25) is 0 Å². The van der Waals surface area contributed by atoms with Crippen LogP contribution in [0.15, 0.2) is 0 Å². The average Bonchev–Trinajstić information content (AvgIpc) is 2.47. The molecule has 0 radical (unpaired) electrons. The normalized spacial score (nSPS) is 22.4. The molecule has 5 heteroatoms. The van der Waals surface area contributed by atoms with E-state index in [1.807, 2.05) is 6.92 Å². The van der Waals surface area contributed by atoms with Crippen LogP contribution >= 0.6 is 0 Å². The summed E-state index contributed by atoms with van der Waals surface area (Å²) in [6, 6.07) is 0. The fraction of sp³-hybridized carbons (Fsp3) is 1.00. The molecule has 2 N–H and O–H groups in total. The Kier molecular flexibility index (Phi) is 10.2. The molecule has 126 valence electrons. The Morgan fingerprint density at radius 2 is 2.19 bits per heavy atom. The summed E-state index contributed by atoms with van der Waals surface area (Å²) in [6.45, 7) is 10.2. The fourth-order valence-electron chi connectivity index (χ4n) is 2.93. The Hall–Kier alpha value is -0.200. The zero-order valence-electron chi connectivity index (χ0n) is 14.0. The van der Waals surface area contributed by atoms with Crippen molar-refractivity contribution >= 4 is 0 Å². The molecule has 21 heavy (non-hydrogen) atoms. The van der Waals surface area contributed by atoms with E-state index in [1.54, 1.807) is 7.11 Å². The van der Waals surface area contributed by atoms with Crippen molar-refractivity contribution in [2.75, 3.05) is 53.0 Å². The van der Waals surface area contributed by atoms with Gasteiger partial charge in [-0.15, -0.1) is 0 Å². The molecule has 0 bridgehead atoms. The first-order chi connectivity index (χ1) is 10.2. The van der Waals surface area contributed by atoms with Gasteiger partial charge in [0.2, 0.25) is 0 Å². The molecule has 0 aromatic rings. The molecule has 1 rings (SSSR count). The molecular weight excluding hydrogens is 268 g/mol. The molecule has 0 aromatic carbocycles. The predicted molar refractivity (Wildman–Crippen MR) is 85.6 cm³/mol. The Labute approximate surface area is 130 Å². The van der Waals surface area contributed by atoms with Gasteiger partial charge in [-0.25, -0.2) is 0 Å². The largest absolute Gasteiger partial charge is 0.389 e. The van der Waals surface area contributed by atoms with E-state index in [2.05, 4.69) is 17.1 Å². The van der Waals surface area contributed by atoms with Crippen LogP contribution in [0.3, 0.4) is 0 Å². The number of nitrogens with zero attached hydrogens (tertiary/aromatic N) is 1. The number of nitrogens with one attached hydrogen (secondary N) is 1. The highest BCUT2D eigenvalue weighted by Crippen LogP contribution is 2.12. The molecule has 0 amide bonds. The summed E-state index contributed by atoms with van der Waals surface area (Å²) in [4.78, 5) is 2.38. The average molecular weight is 302 g/mol. The molecule has 3 unspecified atom stereocenters. The minimum atomic E-state index is -0.424. The van der Waals surface area contributed by atoms with E-state index in [4.69, 9.17) is 9.47 Å². The van der Waals surface area contributed by atoms with E-state index < -0.39 is 6.10 Å². The third-order valence-electron chi connectivity index (χ3n) is 3.90. The maximum Gasteiger partial charge on any atom is 0.0900 e. The van der Waals surface area contributed by atoms with Crippen LogP contribution in [0.4, 0.5) is 0 Å². The molecular formula is C16H34N2O3. The molecule has 0 saturated carbocycles. The van der Waals surface area contributed by atoms with Gasteiger partial charge in [0, 0.05) is 20.2 Å². The van der Waals surface area contributed by atoms with Crippen molar-refractivity contribution in [3.8, 4) is 0 Å². The van der Waals surface area contributed by atoms with E-state index in [-0.39, 0.29) is 6.10 Å². The van der Waals surface area contributed by atoms with Gasteiger partial charge in [-0.05, 0) is 51.7 Å². The molecule has 1 aliphatic heterocycles. The second kappa shape index (κ2) is 11.4. The van der Waals surface area contributed by atoms with E-state index in [1.165, 1.54) is 12.8 Å².